The zero-order valence-corrected chi connectivity index (χ0v) is 4.42. The highest BCUT2D eigenvalue weighted by molar-refractivity contribution is 5.87. The van der Waals surface area contributed by atoms with Gasteiger partial charge in [0.15, 0.2) is 0 Å². The summed E-state index contributed by atoms with van der Waals surface area (Å²) in [4.78, 5) is 10.6. The number of rotatable bonds is 0. The van der Waals surface area contributed by atoms with Gasteiger partial charge in [-0.2, -0.15) is 0 Å². The summed E-state index contributed by atoms with van der Waals surface area (Å²) >= 11 is 0. The Morgan fingerprint density at radius 2 is 2.62 bits per heavy atom. The van der Waals surface area contributed by atoms with Gasteiger partial charge in [0, 0.05) is 0 Å². The molecule has 1 amide bonds. The minimum atomic E-state index is 0.222. The van der Waals surface area contributed by atoms with Crippen LogP contribution in [0.3, 0.4) is 0 Å². The van der Waals surface area contributed by atoms with E-state index >= 15 is 0 Å². The van der Waals surface area contributed by atoms with Gasteiger partial charge in [-0.25, -0.2) is 0 Å². The van der Waals surface area contributed by atoms with Crippen molar-refractivity contribution in [2.24, 2.45) is 5.92 Å². The number of carbonyl (C=O) groups is 1. The first-order valence-electron chi connectivity index (χ1n) is 2.85. The Morgan fingerprint density at radius 1 is 1.75 bits per heavy atom. The predicted molar refractivity (Wildman–Crippen MR) is 29.2 cm³/mol. The molecule has 1 aliphatic carbocycles. The van der Waals surface area contributed by atoms with Crippen LogP contribution in [0.1, 0.15) is 6.42 Å². The van der Waals surface area contributed by atoms with E-state index in [2.05, 4.69) is 17.5 Å². The van der Waals surface area contributed by atoms with Crippen LogP contribution in [0.2, 0.25) is 0 Å². The SMILES string of the molecule is O=C1NC2C=CC[C@@H]12. The van der Waals surface area contributed by atoms with Crippen LogP contribution >= 0.6 is 0 Å². The molecule has 0 radical (unpaired) electrons. The molecule has 2 heteroatoms. The first-order valence-corrected chi connectivity index (χ1v) is 2.85. The lowest BCUT2D eigenvalue weighted by Gasteiger charge is -2.29. The summed E-state index contributed by atoms with van der Waals surface area (Å²) < 4.78 is 0. The van der Waals surface area contributed by atoms with Crippen molar-refractivity contribution in [1.29, 1.82) is 0 Å². The molecule has 1 saturated heterocycles. The smallest absolute Gasteiger partial charge is 0.226 e. The molecule has 2 atom stereocenters. The van der Waals surface area contributed by atoms with Crippen molar-refractivity contribution in [3.05, 3.63) is 12.2 Å². The molecule has 0 saturated carbocycles. The van der Waals surface area contributed by atoms with Gasteiger partial charge >= 0.3 is 0 Å². The minimum Gasteiger partial charge on any atom is -0.349 e. The molecule has 0 spiro atoms. The molecule has 0 aromatic heterocycles. The highest BCUT2D eigenvalue weighted by Gasteiger charge is 2.38. The monoisotopic (exact) mass is 109 g/mol. The standard InChI is InChI=1S/C6H7NO/c8-6-4-2-1-3-5(4)7-6/h1,3-5H,2H2,(H,7,8)/t4-,5?/m1/s1. The van der Waals surface area contributed by atoms with E-state index in [1.807, 2.05) is 0 Å². The number of allylic oxidation sites excluding steroid dienone is 1. The number of fused-ring (bicyclic) bond motifs is 1. The van der Waals surface area contributed by atoms with Crippen molar-refractivity contribution in [1.82, 2.24) is 5.32 Å². The van der Waals surface area contributed by atoms with E-state index < -0.39 is 0 Å². The normalized spacial score (nSPS) is 40.8. The first-order chi connectivity index (χ1) is 3.88. The number of hydrogen-bond donors (Lipinski definition) is 1. The molecule has 1 aliphatic heterocycles. The van der Waals surface area contributed by atoms with Gasteiger partial charge in [0.2, 0.25) is 5.91 Å². The van der Waals surface area contributed by atoms with Gasteiger partial charge in [-0.3, -0.25) is 4.79 Å². The fraction of sp³-hybridized carbons (Fsp3) is 0.500. The zero-order chi connectivity index (χ0) is 5.56. The average Bonchev–Trinajstić information content (AvgIpc) is 2.09. The van der Waals surface area contributed by atoms with Crippen molar-refractivity contribution in [3.8, 4) is 0 Å². The third kappa shape index (κ3) is 0.312. The van der Waals surface area contributed by atoms with Crippen LogP contribution in [0.15, 0.2) is 12.2 Å². The second-order valence-electron chi connectivity index (χ2n) is 2.30. The van der Waals surface area contributed by atoms with Crippen molar-refractivity contribution >= 4 is 5.91 Å². The van der Waals surface area contributed by atoms with Crippen molar-refractivity contribution < 1.29 is 4.79 Å². The lowest BCUT2D eigenvalue weighted by atomic mass is 9.94. The summed E-state index contributed by atoms with van der Waals surface area (Å²) in [7, 11) is 0. The Labute approximate surface area is 47.6 Å². The van der Waals surface area contributed by atoms with Gasteiger partial charge in [-0.15, -0.1) is 0 Å². The Bertz CT molecular complexity index is 162. The van der Waals surface area contributed by atoms with E-state index in [0.29, 0.717) is 12.0 Å². The number of amides is 1. The number of carbonyl (C=O) groups excluding carboxylic acids is 1. The summed E-state index contributed by atoms with van der Waals surface area (Å²) in [6.45, 7) is 0. The van der Waals surface area contributed by atoms with E-state index in [0.717, 1.165) is 6.42 Å². The molecule has 0 aromatic carbocycles. The van der Waals surface area contributed by atoms with Crippen molar-refractivity contribution in [2.75, 3.05) is 0 Å². The molecule has 1 unspecified atom stereocenters. The molecule has 2 aliphatic rings. The predicted octanol–water partition coefficient (Wildman–Crippen LogP) is 0.0609. The van der Waals surface area contributed by atoms with E-state index in [1.165, 1.54) is 0 Å². The maximum absolute atomic E-state index is 10.6. The van der Waals surface area contributed by atoms with Crippen molar-refractivity contribution in [2.45, 2.75) is 12.5 Å². The van der Waals surface area contributed by atoms with E-state index in [4.69, 9.17) is 0 Å². The maximum Gasteiger partial charge on any atom is 0.226 e. The fourth-order valence-corrected chi connectivity index (χ4v) is 1.25. The molecule has 42 valence electrons. The van der Waals surface area contributed by atoms with Crippen LogP contribution in [0, 0.1) is 5.92 Å². The van der Waals surface area contributed by atoms with Crippen LogP contribution < -0.4 is 5.32 Å². The molecular formula is C6H7NO. The molecule has 1 N–H and O–H groups in total. The highest BCUT2D eigenvalue weighted by Crippen LogP contribution is 2.25. The summed E-state index contributed by atoms with van der Waals surface area (Å²) in [6.07, 6.45) is 5.08. The minimum absolute atomic E-state index is 0.222. The Balaban J connectivity index is 2.19. The van der Waals surface area contributed by atoms with E-state index in [9.17, 15) is 4.79 Å². The molecule has 0 aromatic rings. The Kier molecular flexibility index (Phi) is 0.583. The maximum atomic E-state index is 10.6. The Hall–Kier alpha value is -0.790. The van der Waals surface area contributed by atoms with Gasteiger partial charge in [-0.05, 0) is 6.42 Å². The average molecular weight is 109 g/mol. The molecular weight excluding hydrogens is 102 g/mol. The fourth-order valence-electron chi connectivity index (χ4n) is 1.25. The molecule has 1 fully saturated rings. The summed E-state index contributed by atoms with van der Waals surface area (Å²) in [5, 5.41) is 2.78. The number of β-lactam (4-membered cyclic amide) rings is 1. The lowest BCUT2D eigenvalue weighted by Crippen LogP contribution is -2.54. The molecule has 1 heterocycles. The second-order valence-corrected chi connectivity index (χ2v) is 2.30. The molecule has 0 bridgehead atoms. The zero-order valence-electron chi connectivity index (χ0n) is 4.42. The van der Waals surface area contributed by atoms with Crippen LogP contribution in [-0.2, 0) is 4.79 Å². The van der Waals surface area contributed by atoms with Crippen LogP contribution in [-0.4, -0.2) is 11.9 Å². The van der Waals surface area contributed by atoms with Gasteiger partial charge in [0.05, 0.1) is 12.0 Å². The second kappa shape index (κ2) is 1.13. The first kappa shape index (κ1) is 4.13. The van der Waals surface area contributed by atoms with Crippen LogP contribution in [0.5, 0.6) is 0 Å². The van der Waals surface area contributed by atoms with Gasteiger partial charge in [0.25, 0.3) is 0 Å². The van der Waals surface area contributed by atoms with E-state index in [-0.39, 0.29) is 5.91 Å². The summed E-state index contributed by atoms with van der Waals surface area (Å²) in [5.41, 5.74) is 0. The highest BCUT2D eigenvalue weighted by atomic mass is 16.2. The third-order valence-corrected chi connectivity index (χ3v) is 1.81. The Morgan fingerprint density at radius 3 is 3.12 bits per heavy atom. The number of nitrogens with one attached hydrogen (secondary N) is 1. The molecule has 2 nitrogen and oxygen atoms in total. The third-order valence-electron chi connectivity index (χ3n) is 1.81. The van der Waals surface area contributed by atoms with Crippen molar-refractivity contribution in [3.63, 3.8) is 0 Å². The van der Waals surface area contributed by atoms with E-state index in [1.54, 1.807) is 0 Å². The van der Waals surface area contributed by atoms with Crippen LogP contribution in [0.25, 0.3) is 0 Å². The summed E-state index contributed by atoms with van der Waals surface area (Å²) in [6, 6.07) is 0.391. The largest absolute Gasteiger partial charge is 0.349 e. The number of hydrogen-bond acceptors (Lipinski definition) is 1. The summed E-state index contributed by atoms with van der Waals surface area (Å²) in [5.74, 6) is 0.523. The van der Waals surface area contributed by atoms with Gasteiger partial charge in [0.1, 0.15) is 0 Å². The quantitative estimate of drug-likeness (QED) is 0.346. The topological polar surface area (TPSA) is 29.1 Å². The van der Waals surface area contributed by atoms with Gasteiger partial charge in [-0.1, -0.05) is 12.2 Å². The van der Waals surface area contributed by atoms with Crippen LogP contribution in [0.4, 0.5) is 0 Å². The lowest BCUT2D eigenvalue weighted by molar-refractivity contribution is -0.132. The molecule has 2 rings (SSSR count). The van der Waals surface area contributed by atoms with Gasteiger partial charge < -0.3 is 5.32 Å². The molecule has 8 heavy (non-hydrogen) atoms.